The summed E-state index contributed by atoms with van der Waals surface area (Å²) in [5.74, 6) is 0. The second kappa shape index (κ2) is 2.75. The molecule has 0 amide bonds. The molecule has 10 heterocycles. The summed E-state index contributed by atoms with van der Waals surface area (Å²) >= 11 is 0. The van der Waals surface area contributed by atoms with E-state index in [1.807, 2.05) is 0 Å². The molecule has 0 nitrogen and oxygen atoms in total. The second-order valence-corrected chi connectivity index (χ2v) is 42.7. The average Bonchev–Trinajstić information content (AvgIpc) is 3.92. The third-order valence-electron chi connectivity index (χ3n) is 18.6. The number of benzene rings is 4. The summed E-state index contributed by atoms with van der Waals surface area (Å²) in [6.45, 7) is 0. The molecule has 10 saturated heterocycles. The first-order valence-electron chi connectivity index (χ1n) is 14.0. The van der Waals surface area contributed by atoms with Gasteiger partial charge in [0.05, 0.1) is 0 Å². The molecule has 10 aliphatic heterocycles. The molecule has 0 aliphatic carbocycles. The van der Waals surface area contributed by atoms with Crippen molar-refractivity contribution in [2.45, 2.75) is 47.0 Å². The minimum absolute atomic E-state index is 0.317. The fourth-order valence-corrected chi connectivity index (χ4v) is 118. The van der Waals surface area contributed by atoms with Crippen molar-refractivity contribution in [1.82, 2.24) is 0 Å². The molecule has 4 unspecified atom stereocenters. The molecule has 0 bridgehead atoms. The van der Waals surface area contributed by atoms with Gasteiger partial charge in [-0.15, -0.1) is 0 Å². The van der Waals surface area contributed by atoms with Crippen molar-refractivity contribution in [1.29, 1.82) is 0 Å². The first-order chi connectivity index (χ1) is 18.1. The molecule has 37 heavy (non-hydrogen) atoms. The maximum absolute atomic E-state index is 3.70. The van der Waals surface area contributed by atoms with Crippen molar-refractivity contribution in [3.63, 3.8) is 0 Å². The quantitative estimate of drug-likeness (QED) is 0.216. The van der Waals surface area contributed by atoms with Crippen LogP contribution in [0.4, 0.5) is 0 Å². The predicted octanol–water partition coefficient (Wildman–Crippen LogP) is 7.46. The van der Waals surface area contributed by atoms with E-state index >= 15 is 0 Å². The van der Waals surface area contributed by atoms with Gasteiger partial charge in [0, 0.05) is 0 Å². The van der Waals surface area contributed by atoms with Gasteiger partial charge in [0.25, 0.3) is 0 Å². The van der Waals surface area contributed by atoms with Gasteiger partial charge < -0.3 is 0 Å². The third kappa shape index (κ3) is 0.438. The van der Waals surface area contributed by atoms with Gasteiger partial charge in [-0.2, -0.15) is 0 Å². The van der Waals surface area contributed by atoms with E-state index in [0.29, 0.717) is 0 Å². The molecule has 3 heteroatoms. The normalized spacial score (nSPS) is 63.1. The van der Waals surface area contributed by atoms with Gasteiger partial charge in [0.1, 0.15) is 0 Å². The van der Waals surface area contributed by atoms with Crippen molar-refractivity contribution < 1.29 is 6.37 Å². The Labute approximate surface area is 210 Å². The van der Waals surface area contributed by atoms with Crippen LogP contribution in [-0.4, -0.2) is 8.18 Å². The van der Waals surface area contributed by atoms with Gasteiger partial charge >= 0.3 is 212 Å². The van der Waals surface area contributed by atoms with E-state index in [-0.39, 0.29) is 15.8 Å². The predicted molar refractivity (Wildman–Crippen MR) is 154 cm³/mol. The molecular weight excluding hydrogens is 529 g/mol. The van der Waals surface area contributed by atoms with E-state index in [9.17, 15) is 0 Å². The van der Waals surface area contributed by atoms with Gasteiger partial charge in [0.15, 0.2) is 0 Å². The SMILES string of the molecule is c1ccc(P(c2ccccc2)[C]23[CH]4[CH]5[CH]6[C]2(P(c2ccccc2)c2ccccc2)[Co]54632789[CH]3[CH]2[CH]7[CH]8[CH]39)cc1. The van der Waals surface area contributed by atoms with E-state index in [0.717, 1.165) is 8.18 Å². The second-order valence-electron chi connectivity index (χ2n) is 15.3. The summed E-state index contributed by atoms with van der Waals surface area (Å²) in [7, 11) is -0.633. The molecule has 0 aromatic heterocycles. The van der Waals surface area contributed by atoms with Gasteiger partial charge in [-0.1, -0.05) is 0 Å². The van der Waals surface area contributed by atoms with Crippen LogP contribution in [0.2, 0.25) is 38.8 Å². The van der Waals surface area contributed by atoms with Crippen LogP contribution >= 0.6 is 15.8 Å². The first-order valence-corrected chi connectivity index (χ1v) is 22.6. The van der Waals surface area contributed by atoms with Crippen LogP contribution < -0.4 is 21.2 Å². The molecule has 183 valence electrons. The molecule has 0 N–H and O–H groups in total. The van der Waals surface area contributed by atoms with E-state index < -0.39 is 6.37 Å². The Kier molecular flexibility index (Phi) is 1.32. The van der Waals surface area contributed by atoms with E-state index in [1.165, 1.54) is 38.8 Å². The molecular formula is C34H28CoP2. The molecule has 14 rings (SSSR count). The van der Waals surface area contributed by atoms with Crippen LogP contribution in [-0.2, 0) is 6.37 Å². The third-order valence-corrected chi connectivity index (χ3v) is 72.6. The van der Waals surface area contributed by atoms with Crippen molar-refractivity contribution >= 4 is 37.1 Å². The minimum atomic E-state index is -3.70. The Morgan fingerprint density at radius 2 is 0.649 bits per heavy atom. The fourth-order valence-electron chi connectivity index (χ4n) is 19.9. The van der Waals surface area contributed by atoms with Gasteiger partial charge in [-0.25, -0.2) is 0 Å². The van der Waals surface area contributed by atoms with Crippen LogP contribution in [0.5, 0.6) is 0 Å². The molecule has 4 atom stereocenters. The summed E-state index contributed by atoms with van der Waals surface area (Å²) in [5.41, 5.74) is 0. The van der Waals surface area contributed by atoms with E-state index in [2.05, 4.69) is 121 Å². The van der Waals surface area contributed by atoms with Gasteiger partial charge in [-0.05, 0) is 0 Å². The van der Waals surface area contributed by atoms with Crippen molar-refractivity contribution in [3.05, 3.63) is 121 Å². The molecule has 1 spiro atoms. The summed E-state index contributed by atoms with van der Waals surface area (Å²) < 4.78 is 1.46. The Balaban J connectivity index is 1.17. The van der Waals surface area contributed by atoms with Crippen molar-refractivity contribution in [2.75, 3.05) is 0 Å². The van der Waals surface area contributed by atoms with Crippen molar-refractivity contribution in [3.8, 4) is 0 Å². The molecule has 10 fully saturated rings. The Morgan fingerprint density at radius 3 is 0.865 bits per heavy atom. The Morgan fingerprint density at radius 1 is 0.378 bits per heavy atom. The van der Waals surface area contributed by atoms with E-state index in [4.69, 9.17) is 0 Å². The number of rotatable bonds is 6. The topological polar surface area (TPSA) is 0 Å². The summed E-state index contributed by atoms with van der Waals surface area (Å²) in [4.78, 5) is 10.2. The molecule has 4 aromatic rings. The Hall–Kier alpha value is -1.75. The van der Waals surface area contributed by atoms with Crippen LogP contribution in [0.15, 0.2) is 121 Å². The van der Waals surface area contributed by atoms with Gasteiger partial charge in [0.2, 0.25) is 0 Å². The van der Waals surface area contributed by atoms with Crippen LogP contribution in [0.1, 0.15) is 0 Å². The number of fused-ring (bicyclic) bond motifs is 10. The standard InChI is InChI=1S/C29H23P2.C5H5.Co/c1-5-14-24(15-6-1)30(25-16-7-2-8-17-25)28-22-13-23-29(28)31(26-18-9-3-10-19-26)27-20-11-4-12-21-27;1-2-4-5-3-1;/h1-23H;1-5H;. The number of hydrogen-bond acceptors (Lipinski definition) is 0. The first kappa shape index (κ1) is 17.8. The summed E-state index contributed by atoms with van der Waals surface area (Å²) in [6.07, 6.45) is -3.70. The average molecular weight is 557 g/mol. The molecule has 10 aliphatic rings. The summed E-state index contributed by atoms with van der Waals surface area (Å²) in [5, 5.41) is 6.85. The van der Waals surface area contributed by atoms with Crippen LogP contribution in [0.25, 0.3) is 0 Å². The fraction of sp³-hybridized carbons (Fsp3) is 0.294. The zero-order chi connectivity index (χ0) is 23.5. The zero-order valence-electron chi connectivity index (χ0n) is 20.4. The molecule has 0 saturated carbocycles. The van der Waals surface area contributed by atoms with Gasteiger partial charge in [-0.3, -0.25) is 0 Å². The van der Waals surface area contributed by atoms with Crippen molar-refractivity contribution in [2.24, 2.45) is 0 Å². The molecule has 0 radical (unpaired) electrons. The van der Waals surface area contributed by atoms with E-state index in [1.54, 1.807) is 21.2 Å². The molecule has 4 aromatic carbocycles. The summed E-state index contributed by atoms with van der Waals surface area (Å²) in [6, 6.07) is 48.1. The monoisotopic (exact) mass is 557 g/mol. The van der Waals surface area contributed by atoms with Crippen LogP contribution in [0.3, 0.4) is 0 Å². The maximum atomic E-state index is 2.55. The van der Waals surface area contributed by atoms with Crippen LogP contribution in [0, 0.1) is 0 Å². The zero-order valence-corrected chi connectivity index (χ0v) is 23.2. The number of hydrogen-bond donors (Lipinski definition) is 0. The Bertz CT molecular complexity index is 1900.